The van der Waals surface area contributed by atoms with Crippen LogP contribution in [0.5, 0.6) is 0 Å². The largest absolute Gasteiger partial charge is 0.355 e. The Hall–Kier alpha value is -0.610. The number of nitrogens with one attached hydrogen (secondary N) is 2. The van der Waals surface area contributed by atoms with E-state index in [4.69, 9.17) is 0 Å². The first-order chi connectivity index (χ1) is 7.77. The Morgan fingerprint density at radius 3 is 2.88 bits per heavy atom. The van der Waals surface area contributed by atoms with Crippen LogP contribution in [0.2, 0.25) is 0 Å². The standard InChI is InChI=1S/C12H23N3O/c1-15(9-10-5-4-8-13-10)11-6-2-3-7-14-12(11)16/h10-11,13H,2-9H2,1H3,(H,14,16). The van der Waals surface area contributed by atoms with Crippen LogP contribution < -0.4 is 10.6 Å². The van der Waals surface area contributed by atoms with Gasteiger partial charge < -0.3 is 10.6 Å². The molecule has 2 aliphatic heterocycles. The molecule has 0 spiro atoms. The molecule has 4 nitrogen and oxygen atoms in total. The van der Waals surface area contributed by atoms with Gasteiger partial charge in [-0.2, -0.15) is 0 Å². The van der Waals surface area contributed by atoms with Gasteiger partial charge in [0.15, 0.2) is 0 Å². The summed E-state index contributed by atoms with van der Waals surface area (Å²) in [4.78, 5) is 14.1. The lowest BCUT2D eigenvalue weighted by molar-refractivity contribution is -0.125. The van der Waals surface area contributed by atoms with Gasteiger partial charge in [0.05, 0.1) is 6.04 Å². The van der Waals surface area contributed by atoms with Crippen molar-refractivity contribution < 1.29 is 4.79 Å². The van der Waals surface area contributed by atoms with Crippen molar-refractivity contribution in [3.63, 3.8) is 0 Å². The van der Waals surface area contributed by atoms with Gasteiger partial charge in [0, 0.05) is 19.1 Å². The van der Waals surface area contributed by atoms with Crippen molar-refractivity contribution >= 4 is 5.91 Å². The minimum Gasteiger partial charge on any atom is -0.355 e. The molecule has 2 aliphatic rings. The molecule has 2 saturated heterocycles. The van der Waals surface area contributed by atoms with E-state index in [0.717, 1.165) is 38.9 Å². The van der Waals surface area contributed by atoms with E-state index in [1.807, 2.05) is 0 Å². The highest BCUT2D eigenvalue weighted by molar-refractivity contribution is 5.81. The summed E-state index contributed by atoms with van der Waals surface area (Å²) in [6, 6.07) is 0.672. The van der Waals surface area contributed by atoms with E-state index < -0.39 is 0 Å². The summed E-state index contributed by atoms with van der Waals surface area (Å²) in [5.74, 6) is 0.220. The Bertz CT molecular complexity index is 238. The number of likely N-dealkylation sites (N-methyl/N-ethyl adjacent to an activating group) is 1. The minimum atomic E-state index is 0.0879. The summed E-state index contributed by atoms with van der Waals surface area (Å²) >= 11 is 0. The van der Waals surface area contributed by atoms with E-state index in [2.05, 4.69) is 22.6 Å². The molecule has 16 heavy (non-hydrogen) atoms. The SMILES string of the molecule is CN(CC1CCCN1)C1CCCCNC1=O. The zero-order valence-electron chi connectivity index (χ0n) is 10.2. The topological polar surface area (TPSA) is 44.4 Å². The van der Waals surface area contributed by atoms with Gasteiger partial charge in [-0.05, 0) is 45.7 Å². The molecule has 0 saturated carbocycles. The molecule has 2 heterocycles. The smallest absolute Gasteiger partial charge is 0.237 e. The average Bonchev–Trinajstić information content (AvgIpc) is 2.66. The van der Waals surface area contributed by atoms with Gasteiger partial charge in [-0.25, -0.2) is 0 Å². The molecule has 2 N–H and O–H groups in total. The zero-order chi connectivity index (χ0) is 11.4. The van der Waals surface area contributed by atoms with Crippen LogP contribution in [0.15, 0.2) is 0 Å². The first-order valence-electron chi connectivity index (χ1n) is 6.48. The van der Waals surface area contributed by atoms with Gasteiger partial charge in [0.1, 0.15) is 0 Å². The second kappa shape index (κ2) is 5.64. The normalized spacial score (nSPS) is 31.5. The average molecular weight is 225 g/mol. The molecule has 2 fully saturated rings. The second-order valence-electron chi connectivity index (χ2n) is 5.04. The molecule has 2 atom stereocenters. The van der Waals surface area contributed by atoms with Crippen LogP contribution in [0, 0.1) is 0 Å². The number of hydrogen-bond donors (Lipinski definition) is 2. The molecular weight excluding hydrogens is 202 g/mol. The van der Waals surface area contributed by atoms with Crippen molar-refractivity contribution in [3.8, 4) is 0 Å². The van der Waals surface area contributed by atoms with Gasteiger partial charge in [0.25, 0.3) is 0 Å². The Morgan fingerprint density at radius 2 is 2.12 bits per heavy atom. The monoisotopic (exact) mass is 225 g/mol. The van der Waals surface area contributed by atoms with Crippen LogP contribution in [0.1, 0.15) is 32.1 Å². The molecule has 0 aromatic heterocycles. The van der Waals surface area contributed by atoms with Gasteiger partial charge >= 0.3 is 0 Å². The molecule has 92 valence electrons. The van der Waals surface area contributed by atoms with Crippen molar-refractivity contribution in [1.29, 1.82) is 0 Å². The number of nitrogens with zero attached hydrogens (tertiary/aromatic N) is 1. The second-order valence-corrected chi connectivity index (χ2v) is 5.04. The Labute approximate surface area is 97.8 Å². The molecule has 0 bridgehead atoms. The summed E-state index contributed by atoms with van der Waals surface area (Å²) in [6.45, 7) is 2.98. The van der Waals surface area contributed by atoms with Gasteiger partial charge in [0.2, 0.25) is 5.91 Å². The summed E-state index contributed by atoms with van der Waals surface area (Å²) in [5.41, 5.74) is 0. The van der Waals surface area contributed by atoms with Crippen LogP contribution in [-0.4, -0.2) is 49.6 Å². The maximum Gasteiger partial charge on any atom is 0.237 e. The Balaban J connectivity index is 1.85. The van der Waals surface area contributed by atoms with E-state index in [1.165, 1.54) is 12.8 Å². The van der Waals surface area contributed by atoms with E-state index in [0.29, 0.717) is 6.04 Å². The maximum atomic E-state index is 11.9. The first-order valence-corrected chi connectivity index (χ1v) is 6.48. The lowest BCUT2D eigenvalue weighted by atomic mass is 10.1. The molecule has 4 heteroatoms. The first kappa shape index (κ1) is 11.9. The fourth-order valence-corrected chi connectivity index (χ4v) is 2.73. The van der Waals surface area contributed by atoms with Gasteiger partial charge in [-0.1, -0.05) is 0 Å². The molecular formula is C12H23N3O. The third-order valence-electron chi connectivity index (χ3n) is 3.71. The molecule has 0 radical (unpaired) electrons. The third kappa shape index (κ3) is 2.95. The maximum absolute atomic E-state index is 11.9. The van der Waals surface area contributed by atoms with E-state index >= 15 is 0 Å². The Morgan fingerprint density at radius 1 is 1.25 bits per heavy atom. The molecule has 2 unspecified atom stereocenters. The number of carbonyl (C=O) groups excluding carboxylic acids is 1. The van der Waals surface area contributed by atoms with Crippen LogP contribution >= 0.6 is 0 Å². The van der Waals surface area contributed by atoms with Crippen molar-refractivity contribution in [3.05, 3.63) is 0 Å². The fourth-order valence-electron chi connectivity index (χ4n) is 2.73. The highest BCUT2D eigenvalue weighted by Crippen LogP contribution is 2.13. The molecule has 0 aliphatic carbocycles. The lowest BCUT2D eigenvalue weighted by Crippen LogP contribution is -2.47. The summed E-state index contributed by atoms with van der Waals surface area (Å²) < 4.78 is 0. The molecule has 1 amide bonds. The van der Waals surface area contributed by atoms with Crippen molar-refractivity contribution in [1.82, 2.24) is 15.5 Å². The number of hydrogen-bond acceptors (Lipinski definition) is 3. The third-order valence-corrected chi connectivity index (χ3v) is 3.71. The quantitative estimate of drug-likeness (QED) is 0.728. The van der Waals surface area contributed by atoms with Crippen molar-refractivity contribution in [2.75, 3.05) is 26.7 Å². The van der Waals surface area contributed by atoms with Gasteiger partial charge in [-0.15, -0.1) is 0 Å². The predicted molar refractivity (Wildman–Crippen MR) is 64.3 cm³/mol. The fraction of sp³-hybridized carbons (Fsp3) is 0.917. The van der Waals surface area contributed by atoms with Crippen LogP contribution in [-0.2, 0) is 4.79 Å². The highest BCUT2D eigenvalue weighted by Gasteiger charge is 2.27. The zero-order valence-corrected chi connectivity index (χ0v) is 10.2. The van der Waals surface area contributed by atoms with Gasteiger partial charge in [-0.3, -0.25) is 9.69 Å². The van der Waals surface area contributed by atoms with E-state index in [-0.39, 0.29) is 11.9 Å². The predicted octanol–water partition coefficient (Wildman–Crippen LogP) is 0.339. The van der Waals surface area contributed by atoms with Crippen LogP contribution in [0.3, 0.4) is 0 Å². The molecule has 0 aromatic carbocycles. The number of rotatable bonds is 3. The van der Waals surface area contributed by atoms with Crippen LogP contribution in [0.25, 0.3) is 0 Å². The minimum absolute atomic E-state index is 0.0879. The molecule has 0 aromatic rings. The number of amides is 1. The van der Waals surface area contributed by atoms with Crippen LogP contribution in [0.4, 0.5) is 0 Å². The number of carbonyl (C=O) groups is 1. The van der Waals surface area contributed by atoms with Crippen molar-refractivity contribution in [2.24, 2.45) is 0 Å². The van der Waals surface area contributed by atoms with E-state index in [9.17, 15) is 4.79 Å². The van der Waals surface area contributed by atoms with E-state index in [1.54, 1.807) is 0 Å². The molecule has 2 rings (SSSR count). The van der Waals surface area contributed by atoms with Crippen molar-refractivity contribution in [2.45, 2.75) is 44.2 Å². The highest BCUT2D eigenvalue weighted by atomic mass is 16.2. The summed E-state index contributed by atoms with van der Waals surface area (Å²) in [6.07, 6.45) is 5.81. The summed E-state index contributed by atoms with van der Waals surface area (Å²) in [5, 5.41) is 6.48. The Kier molecular flexibility index (Phi) is 4.18. The lowest BCUT2D eigenvalue weighted by Gasteiger charge is -2.28. The summed E-state index contributed by atoms with van der Waals surface area (Å²) in [7, 11) is 2.08.